The summed E-state index contributed by atoms with van der Waals surface area (Å²) < 4.78 is 11.1. The maximum Gasteiger partial charge on any atom is 0.221 e. The van der Waals surface area contributed by atoms with Crippen LogP contribution in [0.25, 0.3) is 0 Å². The second-order valence-corrected chi connectivity index (χ2v) is 6.51. The van der Waals surface area contributed by atoms with Crippen molar-refractivity contribution in [2.45, 2.75) is 69.4 Å². The number of nitrogens with two attached hydrogens (primary N) is 1. The van der Waals surface area contributed by atoms with E-state index in [1.165, 1.54) is 6.42 Å². The Labute approximate surface area is 127 Å². The largest absolute Gasteiger partial charge is 0.379 e. The summed E-state index contributed by atoms with van der Waals surface area (Å²) in [5.74, 6) is 0.0820. The zero-order valence-corrected chi connectivity index (χ0v) is 13.1. The Kier molecular flexibility index (Phi) is 6.93. The summed E-state index contributed by atoms with van der Waals surface area (Å²) in [6, 6.07) is 0. The summed E-state index contributed by atoms with van der Waals surface area (Å²) in [7, 11) is 0. The Morgan fingerprint density at radius 2 is 2.10 bits per heavy atom. The topological polar surface area (TPSA) is 73.6 Å². The van der Waals surface area contributed by atoms with Crippen molar-refractivity contribution in [3.05, 3.63) is 0 Å². The average molecular weight is 298 g/mol. The van der Waals surface area contributed by atoms with Gasteiger partial charge in [-0.3, -0.25) is 4.79 Å². The fraction of sp³-hybridized carbons (Fsp3) is 0.938. The van der Waals surface area contributed by atoms with Gasteiger partial charge in [-0.05, 0) is 32.1 Å². The molecule has 0 aromatic heterocycles. The first-order chi connectivity index (χ1) is 10.2. The lowest BCUT2D eigenvalue weighted by molar-refractivity contribution is -0.122. The molecule has 1 amide bonds. The molecule has 122 valence electrons. The molecule has 1 atom stereocenters. The molecular weight excluding hydrogens is 268 g/mol. The summed E-state index contributed by atoms with van der Waals surface area (Å²) in [6.45, 7) is 2.89. The van der Waals surface area contributed by atoms with Gasteiger partial charge in [-0.1, -0.05) is 19.3 Å². The van der Waals surface area contributed by atoms with Crippen LogP contribution < -0.4 is 11.1 Å². The van der Waals surface area contributed by atoms with Crippen LogP contribution in [0.3, 0.4) is 0 Å². The molecule has 2 rings (SSSR count). The van der Waals surface area contributed by atoms with Crippen LogP contribution in [-0.4, -0.2) is 43.9 Å². The summed E-state index contributed by atoms with van der Waals surface area (Å²) in [6.07, 6.45) is 9.35. The highest BCUT2D eigenvalue weighted by molar-refractivity contribution is 5.77. The second kappa shape index (κ2) is 8.71. The Morgan fingerprint density at radius 1 is 1.29 bits per heavy atom. The highest BCUT2D eigenvalue weighted by Gasteiger charge is 2.29. The van der Waals surface area contributed by atoms with Gasteiger partial charge in [-0.15, -0.1) is 0 Å². The predicted molar refractivity (Wildman–Crippen MR) is 82.0 cm³/mol. The minimum absolute atomic E-state index is 0.0820. The van der Waals surface area contributed by atoms with Crippen molar-refractivity contribution in [1.82, 2.24) is 5.32 Å². The molecule has 1 unspecified atom stereocenters. The molecule has 0 aromatic carbocycles. The summed E-state index contributed by atoms with van der Waals surface area (Å²) in [5.41, 5.74) is 6.02. The van der Waals surface area contributed by atoms with Gasteiger partial charge in [0, 0.05) is 31.7 Å². The standard InChI is InChI=1S/C16H30N2O3/c17-16(7-2-1-3-8-16)12-15(19)18-9-5-10-20-13-14-6-4-11-21-14/h14H,1-13,17H2,(H,18,19). The van der Waals surface area contributed by atoms with Crippen molar-refractivity contribution < 1.29 is 14.3 Å². The predicted octanol–water partition coefficient (Wildman–Crippen LogP) is 1.74. The van der Waals surface area contributed by atoms with Gasteiger partial charge in [0.1, 0.15) is 0 Å². The van der Waals surface area contributed by atoms with Crippen molar-refractivity contribution in [2.75, 3.05) is 26.4 Å². The molecule has 2 fully saturated rings. The van der Waals surface area contributed by atoms with E-state index in [1.807, 2.05) is 0 Å². The normalized spacial score (nSPS) is 24.9. The van der Waals surface area contributed by atoms with E-state index in [0.717, 1.165) is 51.6 Å². The Balaban J connectivity index is 1.47. The summed E-state index contributed by atoms with van der Waals surface area (Å²) in [4.78, 5) is 11.9. The summed E-state index contributed by atoms with van der Waals surface area (Å²) >= 11 is 0. The van der Waals surface area contributed by atoms with Crippen LogP contribution in [0.1, 0.15) is 57.8 Å². The Hall–Kier alpha value is -0.650. The first kappa shape index (κ1) is 16.7. The van der Waals surface area contributed by atoms with Crippen LogP contribution in [0.4, 0.5) is 0 Å². The van der Waals surface area contributed by atoms with Crippen molar-refractivity contribution in [1.29, 1.82) is 0 Å². The Morgan fingerprint density at radius 3 is 2.81 bits per heavy atom. The molecule has 1 aliphatic carbocycles. The zero-order chi connectivity index (χ0) is 15.0. The first-order valence-corrected chi connectivity index (χ1v) is 8.43. The number of carbonyl (C=O) groups excluding carboxylic acids is 1. The fourth-order valence-corrected chi connectivity index (χ4v) is 3.21. The zero-order valence-electron chi connectivity index (χ0n) is 13.1. The number of rotatable bonds is 8. The van der Waals surface area contributed by atoms with Crippen molar-refractivity contribution in [2.24, 2.45) is 5.73 Å². The molecule has 0 radical (unpaired) electrons. The minimum atomic E-state index is -0.265. The lowest BCUT2D eigenvalue weighted by Gasteiger charge is -2.32. The monoisotopic (exact) mass is 298 g/mol. The van der Waals surface area contributed by atoms with Gasteiger partial charge in [-0.25, -0.2) is 0 Å². The number of hydrogen-bond donors (Lipinski definition) is 2. The van der Waals surface area contributed by atoms with Gasteiger partial charge < -0.3 is 20.5 Å². The molecule has 0 bridgehead atoms. The van der Waals surface area contributed by atoms with Crippen molar-refractivity contribution in [3.8, 4) is 0 Å². The molecular formula is C16H30N2O3. The first-order valence-electron chi connectivity index (χ1n) is 8.43. The Bertz CT molecular complexity index is 311. The number of ether oxygens (including phenoxy) is 2. The number of carbonyl (C=O) groups is 1. The lowest BCUT2D eigenvalue weighted by Crippen LogP contribution is -2.46. The molecule has 3 N–H and O–H groups in total. The lowest BCUT2D eigenvalue weighted by atomic mass is 9.80. The van der Waals surface area contributed by atoms with E-state index in [-0.39, 0.29) is 17.6 Å². The van der Waals surface area contributed by atoms with Crippen LogP contribution in [0.2, 0.25) is 0 Å². The number of hydrogen-bond acceptors (Lipinski definition) is 4. The molecule has 1 aliphatic heterocycles. The van der Waals surface area contributed by atoms with E-state index < -0.39 is 0 Å². The third-order valence-corrected chi connectivity index (χ3v) is 4.48. The quantitative estimate of drug-likeness (QED) is 0.669. The smallest absolute Gasteiger partial charge is 0.221 e. The van der Waals surface area contributed by atoms with Crippen molar-refractivity contribution in [3.63, 3.8) is 0 Å². The number of amides is 1. The molecule has 1 saturated carbocycles. The van der Waals surface area contributed by atoms with E-state index in [1.54, 1.807) is 0 Å². The van der Waals surface area contributed by atoms with Gasteiger partial charge in [0.05, 0.1) is 12.7 Å². The third kappa shape index (κ3) is 6.32. The third-order valence-electron chi connectivity index (χ3n) is 4.48. The van der Waals surface area contributed by atoms with Gasteiger partial charge in [0.15, 0.2) is 0 Å². The SMILES string of the molecule is NC1(CC(=O)NCCCOCC2CCCO2)CCCCC1. The van der Waals surface area contributed by atoms with Crippen LogP contribution >= 0.6 is 0 Å². The maximum atomic E-state index is 11.9. The minimum Gasteiger partial charge on any atom is -0.379 e. The van der Waals surface area contributed by atoms with Crippen LogP contribution in [0.15, 0.2) is 0 Å². The molecule has 0 aromatic rings. The van der Waals surface area contributed by atoms with Crippen LogP contribution in [0.5, 0.6) is 0 Å². The van der Waals surface area contributed by atoms with Gasteiger partial charge in [0.2, 0.25) is 5.91 Å². The molecule has 1 saturated heterocycles. The van der Waals surface area contributed by atoms with Gasteiger partial charge in [0.25, 0.3) is 0 Å². The van der Waals surface area contributed by atoms with Crippen molar-refractivity contribution >= 4 is 5.91 Å². The highest BCUT2D eigenvalue weighted by atomic mass is 16.5. The van der Waals surface area contributed by atoms with Gasteiger partial charge in [-0.2, -0.15) is 0 Å². The molecule has 5 heteroatoms. The van der Waals surface area contributed by atoms with Crippen LogP contribution in [-0.2, 0) is 14.3 Å². The molecule has 5 nitrogen and oxygen atoms in total. The van der Waals surface area contributed by atoms with E-state index in [9.17, 15) is 4.79 Å². The van der Waals surface area contributed by atoms with E-state index >= 15 is 0 Å². The number of nitrogens with one attached hydrogen (secondary N) is 1. The summed E-state index contributed by atoms with van der Waals surface area (Å²) in [5, 5.41) is 2.95. The maximum absolute atomic E-state index is 11.9. The molecule has 0 spiro atoms. The highest BCUT2D eigenvalue weighted by Crippen LogP contribution is 2.28. The van der Waals surface area contributed by atoms with E-state index in [2.05, 4.69) is 5.32 Å². The van der Waals surface area contributed by atoms with Gasteiger partial charge >= 0.3 is 0 Å². The molecule has 1 heterocycles. The molecule has 2 aliphatic rings. The second-order valence-electron chi connectivity index (χ2n) is 6.51. The average Bonchev–Trinajstić information content (AvgIpc) is 2.96. The van der Waals surface area contributed by atoms with Crippen LogP contribution in [0, 0.1) is 0 Å². The van der Waals surface area contributed by atoms with E-state index in [4.69, 9.17) is 15.2 Å². The van der Waals surface area contributed by atoms with E-state index in [0.29, 0.717) is 26.2 Å². The fourth-order valence-electron chi connectivity index (χ4n) is 3.21. The molecule has 21 heavy (non-hydrogen) atoms.